The summed E-state index contributed by atoms with van der Waals surface area (Å²) < 4.78 is 9.63. The van der Waals surface area contributed by atoms with E-state index >= 15 is 0 Å². The van der Waals surface area contributed by atoms with E-state index in [1.807, 2.05) is 0 Å². The first-order chi connectivity index (χ1) is 1.73. The van der Waals surface area contributed by atoms with Crippen molar-refractivity contribution >= 4 is 7.80 Å². The van der Waals surface area contributed by atoms with Gasteiger partial charge in [-0.25, -0.2) is 0 Å². The van der Waals surface area contributed by atoms with Crippen molar-refractivity contribution in [3.8, 4) is 0 Å². The summed E-state index contributed by atoms with van der Waals surface area (Å²) in [6, 6.07) is 0. The van der Waals surface area contributed by atoms with Gasteiger partial charge in [-0.05, 0) is 13.3 Å². The average molecular weight is 277 g/mol. The van der Waals surface area contributed by atoms with Gasteiger partial charge in [0.1, 0.15) is 0 Å². The van der Waals surface area contributed by atoms with Gasteiger partial charge in [0.15, 0.2) is 0 Å². The van der Waals surface area contributed by atoms with E-state index in [0.29, 0.717) is 0 Å². The maximum Gasteiger partial charge on any atom is 0.0703 e. The molecule has 0 N–H and O–H groups in total. The van der Waals surface area contributed by atoms with Crippen molar-refractivity contribution in [2.45, 2.75) is 0 Å². The summed E-state index contributed by atoms with van der Waals surface area (Å²) in [5, 5.41) is 0. The van der Waals surface area contributed by atoms with Crippen LogP contribution in [0.5, 0.6) is 0 Å². The molecule has 0 aromatic rings. The Bertz CT molecular complexity index is 33.8. The number of hydrogen-bond acceptors (Lipinski definition) is 1. The summed E-state index contributed by atoms with van der Waals surface area (Å²) in [4.78, 5) is 0. The topological polar surface area (TPSA) is 17.1 Å². The molecule has 0 atom stereocenters. The van der Waals surface area contributed by atoms with Gasteiger partial charge in [-0.2, -0.15) is 0 Å². The summed E-state index contributed by atoms with van der Waals surface area (Å²) in [6.07, 6.45) is 0. The first kappa shape index (κ1) is 15.8. The Balaban J connectivity index is -0.0000000450. The van der Waals surface area contributed by atoms with Crippen molar-refractivity contribution in [1.82, 2.24) is 0 Å². The first-order valence-corrected chi connectivity index (χ1v) is 3.61. The molecule has 0 bridgehead atoms. The molecule has 0 aromatic heterocycles. The van der Waals surface area contributed by atoms with Gasteiger partial charge in [0.25, 0.3) is 0 Å². The third-order valence-corrected chi connectivity index (χ3v) is 0. The number of hydrogen-bond donors (Lipinski definition) is 0. The zero-order valence-electron chi connectivity index (χ0n) is 4.32. The zero-order valence-corrected chi connectivity index (χ0v) is 8.25. The first-order valence-electron chi connectivity index (χ1n) is 1.20. The van der Waals surface area contributed by atoms with Gasteiger partial charge in [0, 0.05) is 21.1 Å². The van der Waals surface area contributed by atoms with Crippen LogP contribution in [0, 0.1) is 7.43 Å². The van der Waals surface area contributed by atoms with E-state index in [1.165, 1.54) is 0 Å². The molecule has 0 fully saturated rings. The van der Waals surface area contributed by atoms with Crippen LogP contribution in [0.3, 0.4) is 0 Å². The Kier molecular flexibility index (Phi) is 24.5. The molecule has 0 rings (SSSR count). The van der Waals surface area contributed by atoms with E-state index in [1.54, 1.807) is 13.3 Å². The molecule has 0 amide bonds. The SMILES string of the molecule is C[PH](C)=O.[CH3-].[W]. The maximum atomic E-state index is 9.63. The molecule has 0 heterocycles. The number of rotatable bonds is 0. The van der Waals surface area contributed by atoms with Crippen LogP contribution >= 0.6 is 7.80 Å². The summed E-state index contributed by atoms with van der Waals surface area (Å²) in [5.74, 6) is 0. The monoisotopic (exact) mass is 277 g/mol. The van der Waals surface area contributed by atoms with Gasteiger partial charge in [0.2, 0.25) is 0 Å². The van der Waals surface area contributed by atoms with E-state index in [-0.39, 0.29) is 28.5 Å². The molecule has 0 aromatic carbocycles. The molecule has 0 aliphatic heterocycles. The second-order valence-electron chi connectivity index (χ2n) is 0.908. The van der Waals surface area contributed by atoms with Crippen LogP contribution in [-0.4, -0.2) is 13.3 Å². The van der Waals surface area contributed by atoms with Crippen LogP contribution < -0.4 is 0 Å². The molecule has 0 aliphatic rings. The van der Waals surface area contributed by atoms with Crippen molar-refractivity contribution in [2.24, 2.45) is 0 Å². The molecule has 0 unspecified atom stereocenters. The van der Waals surface area contributed by atoms with E-state index in [4.69, 9.17) is 0 Å². The molecule has 1 nitrogen and oxygen atoms in total. The van der Waals surface area contributed by atoms with Crippen LogP contribution in [0.1, 0.15) is 0 Å². The standard InChI is InChI=1S/C2H7OP.CH3.W/c1-4(2)3;;/h4H,1-2H3;1H3;/q;-1;. The second kappa shape index (κ2) is 9.32. The van der Waals surface area contributed by atoms with Crippen LogP contribution in [0.15, 0.2) is 0 Å². The van der Waals surface area contributed by atoms with Gasteiger partial charge in [-0.1, -0.05) is 0 Å². The minimum Gasteiger partial charge on any atom is -0.358 e. The summed E-state index contributed by atoms with van der Waals surface area (Å²) in [6.45, 7) is 3.43. The van der Waals surface area contributed by atoms with Gasteiger partial charge < -0.3 is 12.0 Å². The molecule has 3 heteroatoms. The van der Waals surface area contributed by atoms with Gasteiger partial charge in [0.05, 0.1) is 7.80 Å². The van der Waals surface area contributed by atoms with Crippen molar-refractivity contribution in [3.63, 3.8) is 0 Å². The fourth-order valence-electron chi connectivity index (χ4n) is 0. The van der Waals surface area contributed by atoms with Crippen molar-refractivity contribution in [1.29, 1.82) is 0 Å². The largest absolute Gasteiger partial charge is 0.358 e. The Labute approximate surface area is 54.6 Å². The van der Waals surface area contributed by atoms with Crippen molar-refractivity contribution in [2.75, 3.05) is 13.3 Å². The predicted octanol–water partition coefficient (Wildman–Crippen LogP) is 1.25. The van der Waals surface area contributed by atoms with E-state index < -0.39 is 7.80 Å². The van der Waals surface area contributed by atoms with Crippen molar-refractivity contribution in [3.05, 3.63) is 7.43 Å². The molecule has 0 saturated heterocycles. The molecule has 0 radical (unpaired) electrons. The van der Waals surface area contributed by atoms with Crippen LogP contribution in [0.4, 0.5) is 0 Å². The third-order valence-electron chi connectivity index (χ3n) is 0. The molecule has 0 spiro atoms. The summed E-state index contributed by atoms with van der Waals surface area (Å²) in [7, 11) is -1.13. The minimum atomic E-state index is -1.13. The third kappa shape index (κ3) is 89.5. The van der Waals surface area contributed by atoms with Crippen molar-refractivity contribution < 1.29 is 25.6 Å². The molecule has 0 saturated carbocycles. The normalized spacial score (nSPS) is 5.83. The Hall–Kier alpha value is 0.918. The Morgan fingerprint density at radius 3 is 1.33 bits per heavy atom. The predicted molar refractivity (Wildman–Crippen MR) is 27.3 cm³/mol. The fraction of sp³-hybridized carbons (Fsp3) is 0.667. The van der Waals surface area contributed by atoms with Crippen LogP contribution in [0.2, 0.25) is 0 Å². The van der Waals surface area contributed by atoms with E-state index in [0.717, 1.165) is 0 Å². The smallest absolute Gasteiger partial charge is 0.0703 e. The van der Waals surface area contributed by atoms with Crippen LogP contribution in [-0.2, 0) is 25.6 Å². The Morgan fingerprint density at radius 2 is 1.33 bits per heavy atom. The van der Waals surface area contributed by atoms with Crippen LogP contribution in [0.25, 0.3) is 0 Å². The summed E-state index contributed by atoms with van der Waals surface area (Å²) >= 11 is 0. The second-order valence-corrected chi connectivity index (χ2v) is 2.72. The molecule has 40 valence electrons. The zero-order chi connectivity index (χ0) is 3.58. The summed E-state index contributed by atoms with van der Waals surface area (Å²) in [5.41, 5.74) is 0. The molecule has 6 heavy (non-hydrogen) atoms. The van der Waals surface area contributed by atoms with E-state index in [2.05, 4.69) is 0 Å². The minimum absolute atomic E-state index is 0. The molecule has 0 aliphatic carbocycles. The van der Waals surface area contributed by atoms with Gasteiger partial charge in [-0.15, -0.1) is 0 Å². The van der Waals surface area contributed by atoms with Gasteiger partial charge in [-0.3, -0.25) is 0 Å². The van der Waals surface area contributed by atoms with E-state index in [9.17, 15) is 4.57 Å². The fourth-order valence-corrected chi connectivity index (χ4v) is 0. The molecular formula is C3H10OPW-. The Morgan fingerprint density at radius 1 is 1.33 bits per heavy atom. The maximum absolute atomic E-state index is 9.63. The average Bonchev–Trinajstić information content (AvgIpc) is 0.811. The molecular weight excluding hydrogens is 267 g/mol. The quantitative estimate of drug-likeness (QED) is 0.481. The van der Waals surface area contributed by atoms with Gasteiger partial charge >= 0.3 is 0 Å².